The Balaban J connectivity index is 1.39. The van der Waals surface area contributed by atoms with Crippen molar-refractivity contribution >= 4 is 34.7 Å². The molecule has 0 aliphatic rings. The lowest BCUT2D eigenvalue weighted by Crippen LogP contribution is -2.12. The molecule has 0 unspecified atom stereocenters. The van der Waals surface area contributed by atoms with Crippen LogP contribution >= 0.6 is 0 Å². The zero-order valence-corrected chi connectivity index (χ0v) is 17.7. The Labute approximate surface area is 190 Å². The van der Waals surface area contributed by atoms with Crippen molar-refractivity contribution in [1.82, 2.24) is 25.1 Å². The number of furan rings is 1. The molecule has 5 rings (SSSR count). The fraction of sp³-hybridized carbons (Fsp3) is 0.0909. The summed E-state index contributed by atoms with van der Waals surface area (Å²) in [5, 5.41) is 7.21. The first-order valence-corrected chi connectivity index (χ1v) is 9.97. The molecule has 4 aromatic heterocycles. The van der Waals surface area contributed by atoms with Gasteiger partial charge < -0.3 is 24.7 Å². The Morgan fingerprint density at radius 3 is 2.74 bits per heavy atom. The van der Waals surface area contributed by atoms with Gasteiger partial charge in [-0.3, -0.25) is 0 Å². The number of nitrogen functional groups attached to an aromatic ring is 1. The van der Waals surface area contributed by atoms with Gasteiger partial charge in [0.25, 0.3) is 5.71 Å². The van der Waals surface area contributed by atoms with Gasteiger partial charge in [0, 0.05) is 5.69 Å². The van der Waals surface area contributed by atoms with Gasteiger partial charge in [0.05, 0.1) is 22.9 Å². The van der Waals surface area contributed by atoms with Crippen LogP contribution in [0.1, 0.15) is 21.9 Å². The minimum atomic E-state index is -0.668. The predicted molar refractivity (Wildman–Crippen MR) is 117 cm³/mol. The van der Waals surface area contributed by atoms with Gasteiger partial charge in [-0.1, -0.05) is 5.16 Å². The fourth-order valence-corrected chi connectivity index (χ4v) is 3.23. The van der Waals surface area contributed by atoms with Gasteiger partial charge in [-0.15, -0.1) is 0 Å². The molecule has 0 aliphatic carbocycles. The van der Waals surface area contributed by atoms with Gasteiger partial charge in [-0.2, -0.15) is 15.0 Å². The lowest BCUT2D eigenvalue weighted by Gasteiger charge is -2.09. The third-order valence-corrected chi connectivity index (χ3v) is 4.74. The molecule has 12 heteroatoms. The van der Waals surface area contributed by atoms with Crippen LogP contribution in [0.25, 0.3) is 22.6 Å². The summed E-state index contributed by atoms with van der Waals surface area (Å²) < 4.78 is 29.2. The van der Waals surface area contributed by atoms with Gasteiger partial charge >= 0.3 is 5.97 Å². The first-order chi connectivity index (χ1) is 16.5. The molecule has 0 amide bonds. The molecule has 4 heterocycles. The number of carbonyl (C=O) groups excluding carboxylic acids is 1. The van der Waals surface area contributed by atoms with E-state index in [-0.39, 0.29) is 41.4 Å². The Morgan fingerprint density at radius 1 is 1.15 bits per heavy atom. The third-order valence-electron chi connectivity index (χ3n) is 4.74. The van der Waals surface area contributed by atoms with Crippen LogP contribution in [0.3, 0.4) is 0 Å². The van der Waals surface area contributed by atoms with Crippen LogP contribution in [0.2, 0.25) is 0 Å². The third kappa shape index (κ3) is 4.24. The minimum absolute atomic E-state index is 0.0769. The molecule has 34 heavy (non-hydrogen) atoms. The van der Waals surface area contributed by atoms with Crippen LogP contribution in [0.5, 0.6) is 0 Å². The fourth-order valence-electron chi connectivity index (χ4n) is 3.23. The quantitative estimate of drug-likeness (QED) is 0.355. The smallest absolute Gasteiger partial charge is 0.339 e. The molecule has 0 atom stereocenters. The number of aryl methyl sites for hydroxylation is 1. The number of esters is 1. The summed E-state index contributed by atoms with van der Waals surface area (Å²) in [6.45, 7) is 1.41. The maximum absolute atomic E-state index is 13.1. The first kappa shape index (κ1) is 21.0. The normalized spacial score (nSPS) is 11.0. The molecule has 0 bridgehead atoms. The van der Waals surface area contributed by atoms with Gasteiger partial charge in [-0.25, -0.2) is 14.2 Å². The van der Waals surface area contributed by atoms with E-state index < -0.39 is 5.97 Å². The number of pyridine rings is 1. The Kier molecular flexibility index (Phi) is 5.30. The molecule has 5 aromatic rings. The lowest BCUT2D eigenvalue weighted by atomic mass is 10.1. The Bertz CT molecular complexity index is 1480. The second-order valence-electron chi connectivity index (χ2n) is 7.12. The van der Waals surface area contributed by atoms with Gasteiger partial charge in [0.2, 0.25) is 11.9 Å². The average Bonchev–Trinajstić information content (AvgIpc) is 3.49. The van der Waals surface area contributed by atoms with Crippen molar-refractivity contribution in [2.45, 2.75) is 13.5 Å². The summed E-state index contributed by atoms with van der Waals surface area (Å²) in [5.41, 5.74) is 7.55. The molecule has 3 N–H and O–H groups in total. The summed E-state index contributed by atoms with van der Waals surface area (Å²) in [7, 11) is 0. The zero-order valence-electron chi connectivity index (χ0n) is 17.7. The van der Waals surface area contributed by atoms with E-state index in [0.29, 0.717) is 28.2 Å². The van der Waals surface area contributed by atoms with E-state index in [1.54, 1.807) is 19.1 Å². The van der Waals surface area contributed by atoms with Crippen molar-refractivity contribution < 1.29 is 22.9 Å². The van der Waals surface area contributed by atoms with Crippen LogP contribution in [-0.2, 0) is 11.3 Å². The van der Waals surface area contributed by atoms with Gasteiger partial charge in [0.15, 0.2) is 18.2 Å². The van der Waals surface area contributed by atoms with Crippen molar-refractivity contribution in [3.8, 4) is 11.5 Å². The number of carbonyl (C=O) groups is 1. The summed E-state index contributed by atoms with van der Waals surface area (Å²) >= 11 is 0. The number of halogens is 1. The number of benzene rings is 1. The van der Waals surface area contributed by atoms with E-state index in [9.17, 15) is 9.18 Å². The van der Waals surface area contributed by atoms with Crippen LogP contribution < -0.4 is 11.1 Å². The highest BCUT2D eigenvalue weighted by Crippen LogP contribution is 2.28. The number of anilines is 3. The topological polar surface area (TPSA) is 155 Å². The van der Waals surface area contributed by atoms with Crippen molar-refractivity contribution in [3.05, 3.63) is 71.6 Å². The molecule has 0 aliphatic heterocycles. The number of aromatic nitrogens is 5. The van der Waals surface area contributed by atoms with E-state index in [1.165, 1.54) is 36.6 Å². The number of hydrogen-bond acceptors (Lipinski definition) is 11. The molecule has 0 saturated heterocycles. The summed E-state index contributed by atoms with van der Waals surface area (Å²) in [5.74, 6) is -0.440. The van der Waals surface area contributed by atoms with Crippen molar-refractivity contribution in [2.24, 2.45) is 0 Å². The second-order valence-corrected chi connectivity index (χ2v) is 7.12. The molecule has 11 nitrogen and oxygen atoms in total. The number of ether oxygens (including phenoxy) is 1. The van der Waals surface area contributed by atoms with Crippen LogP contribution in [0.4, 0.5) is 22.0 Å². The minimum Gasteiger partial charge on any atom is -0.463 e. The average molecular weight is 461 g/mol. The number of rotatable bonds is 6. The van der Waals surface area contributed by atoms with E-state index in [1.807, 2.05) is 0 Å². The number of nitrogens with zero attached hydrogens (tertiary/aromatic N) is 5. The molecule has 0 fully saturated rings. The van der Waals surface area contributed by atoms with Gasteiger partial charge in [0.1, 0.15) is 11.5 Å². The standard InChI is InChI=1S/C22H16FN7O4/c1-11-18-14(9-15(16-3-2-8-32-16)26-19(18)34-30-11)20(31)33-10-17-27-21(24)29-22(28-17)25-13-6-4-12(23)5-7-13/h2-9H,10H2,1H3,(H3,24,25,27,28,29). The number of hydrogen-bond donors (Lipinski definition) is 2. The summed E-state index contributed by atoms with van der Waals surface area (Å²) in [4.78, 5) is 29.5. The van der Waals surface area contributed by atoms with Crippen LogP contribution in [0, 0.1) is 12.7 Å². The Morgan fingerprint density at radius 2 is 1.97 bits per heavy atom. The molecule has 0 radical (unpaired) electrons. The van der Waals surface area contributed by atoms with Crippen molar-refractivity contribution in [1.29, 1.82) is 0 Å². The number of nitrogens with two attached hydrogens (primary N) is 1. The first-order valence-electron chi connectivity index (χ1n) is 9.97. The highest BCUT2D eigenvalue weighted by Gasteiger charge is 2.22. The lowest BCUT2D eigenvalue weighted by molar-refractivity contribution is 0.0464. The molecule has 170 valence electrons. The molecule has 0 spiro atoms. The monoisotopic (exact) mass is 461 g/mol. The van der Waals surface area contributed by atoms with E-state index in [0.717, 1.165) is 0 Å². The molecule has 0 saturated carbocycles. The predicted octanol–water partition coefficient (Wildman–Crippen LogP) is 3.80. The number of nitrogens with one attached hydrogen (secondary N) is 1. The summed E-state index contributed by atoms with van der Waals surface area (Å²) in [6, 6.07) is 10.5. The maximum Gasteiger partial charge on any atom is 0.339 e. The highest BCUT2D eigenvalue weighted by molar-refractivity contribution is 6.04. The second kappa shape index (κ2) is 8.58. The maximum atomic E-state index is 13.1. The van der Waals surface area contributed by atoms with E-state index >= 15 is 0 Å². The Hall–Kier alpha value is -4.87. The van der Waals surface area contributed by atoms with Crippen LogP contribution in [0.15, 0.2) is 57.7 Å². The van der Waals surface area contributed by atoms with E-state index in [4.69, 9.17) is 19.4 Å². The molecular formula is C22H16FN7O4. The molecule has 1 aromatic carbocycles. The largest absolute Gasteiger partial charge is 0.463 e. The summed E-state index contributed by atoms with van der Waals surface area (Å²) in [6.07, 6.45) is 1.49. The van der Waals surface area contributed by atoms with Gasteiger partial charge in [-0.05, 0) is 49.4 Å². The highest BCUT2D eigenvalue weighted by atomic mass is 19.1. The zero-order chi connectivity index (χ0) is 23.7. The van der Waals surface area contributed by atoms with Crippen molar-refractivity contribution in [2.75, 3.05) is 11.1 Å². The van der Waals surface area contributed by atoms with Crippen LogP contribution in [-0.4, -0.2) is 31.1 Å². The van der Waals surface area contributed by atoms with Crippen molar-refractivity contribution in [3.63, 3.8) is 0 Å². The molecular weight excluding hydrogens is 445 g/mol. The SMILES string of the molecule is Cc1noc2nc(-c3ccco3)cc(C(=O)OCc3nc(N)nc(Nc4ccc(F)cc4)n3)c12. The van der Waals surface area contributed by atoms with E-state index in [2.05, 4.69) is 30.4 Å². The number of fused-ring (bicyclic) bond motifs is 1.